The maximum Gasteiger partial charge on any atom is 0.514 e. The Morgan fingerprint density at radius 3 is 2.50 bits per heavy atom. The van der Waals surface area contributed by atoms with E-state index in [1.165, 1.54) is 42.0 Å². The summed E-state index contributed by atoms with van der Waals surface area (Å²) in [5.74, 6) is 0.00246. The molecule has 1 aromatic carbocycles. The molecule has 16 heteroatoms. The number of carbonyl (C=O) groups excluding carboxylic acids is 1. The molecule has 1 fully saturated rings. The minimum absolute atomic E-state index is 0.00246. The number of nitro benzene ring substituents is 1. The molecule has 3 rings (SSSR count). The van der Waals surface area contributed by atoms with Crippen LogP contribution < -0.4 is 16.0 Å². The van der Waals surface area contributed by atoms with Gasteiger partial charge in [0.1, 0.15) is 37.0 Å². The molecule has 0 radical (unpaired) electrons. The van der Waals surface area contributed by atoms with Crippen molar-refractivity contribution in [1.82, 2.24) is 14.2 Å². The molecule has 42 heavy (non-hydrogen) atoms. The molecule has 0 bridgehead atoms. The van der Waals surface area contributed by atoms with Gasteiger partial charge in [0, 0.05) is 42.4 Å². The summed E-state index contributed by atoms with van der Waals surface area (Å²) in [7, 11) is -3.32. The Morgan fingerprint density at radius 2 is 1.93 bits per heavy atom. The zero-order valence-electron chi connectivity index (χ0n) is 24.0. The topological polar surface area (TPSA) is 199 Å². The lowest BCUT2D eigenvalue weighted by Crippen LogP contribution is -2.40. The van der Waals surface area contributed by atoms with E-state index in [0.717, 1.165) is 0 Å². The number of ether oxygens (including phenoxy) is 3. The summed E-state index contributed by atoms with van der Waals surface area (Å²) in [5.41, 5.74) is -1.21. The van der Waals surface area contributed by atoms with Gasteiger partial charge >= 0.3 is 19.7 Å². The summed E-state index contributed by atoms with van der Waals surface area (Å²) in [6.07, 6.45) is -2.67. The molecule has 1 aromatic heterocycles. The number of nitriles is 1. The number of rotatable bonds is 12. The van der Waals surface area contributed by atoms with Crippen LogP contribution in [0.15, 0.2) is 40.1 Å². The number of H-pyrrole nitrogens is 1. The van der Waals surface area contributed by atoms with E-state index in [-0.39, 0.29) is 54.7 Å². The van der Waals surface area contributed by atoms with Crippen molar-refractivity contribution in [2.45, 2.75) is 78.0 Å². The van der Waals surface area contributed by atoms with Gasteiger partial charge in [0.25, 0.3) is 11.2 Å². The van der Waals surface area contributed by atoms with Gasteiger partial charge in [-0.05, 0) is 46.8 Å². The molecular formula is C26H35N5O10P+. The number of aryl methyl sites for hydroxylation is 1. The minimum Gasteiger partial charge on any atom is -0.428 e. The predicted octanol–water partition coefficient (Wildman–Crippen LogP) is 3.43. The molecule has 15 nitrogen and oxygen atoms in total. The maximum atomic E-state index is 12.7. The van der Waals surface area contributed by atoms with Crippen LogP contribution in [0.2, 0.25) is 0 Å². The fourth-order valence-corrected chi connectivity index (χ4v) is 7.49. The summed E-state index contributed by atoms with van der Waals surface area (Å²) in [6, 6.07) is 6.61. The van der Waals surface area contributed by atoms with Crippen LogP contribution in [0.5, 0.6) is 5.75 Å². The predicted molar refractivity (Wildman–Crippen MR) is 151 cm³/mol. The van der Waals surface area contributed by atoms with E-state index in [2.05, 4.69) is 4.98 Å². The van der Waals surface area contributed by atoms with E-state index < -0.39 is 48.6 Å². The number of nitro groups is 1. The van der Waals surface area contributed by atoms with Crippen LogP contribution in [0.1, 0.15) is 52.3 Å². The number of hydrogen-bond acceptors (Lipinski definition) is 12. The number of non-ortho nitro benzene ring substituents is 1. The Balaban J connectivity index is 1.85. The summed E-state index contributed by atoms with van der Waals surface area (Å²) in [5, 5.41) is 20.1. The Morgan fingerprint density at radius 1 is 1.29 bits per heavy atom. The quantitative estimate of drug-likeness (QED) is 0.117. The van der Waals surface area contributed by atoms with Crippen molar-refractivity contribution in [3.8, 4) is 11.8 Å². The van der Waals surface area contributed by atoms with Crippen LogP contribution in [-0.2, 0) is 14.0 Å². The van der Waals surface area contributed by atoms with E-state index in [9.17, 15) is 34.7 Å². The van der Waals surface area contributed by atoms with Crippen LogP contribution in [0.4, 0.5) is 10.5 Å². The van der Waals surface area contributed by atoms with Crippen molar-refractivity contribution in [2.24, 2.45) is 0 Å². The van der Waals surface area contributed by atoms with E-state index in [1.54, 1.807) is 0 Å². The first-order chi connectivity index (χ1) is 19.7. The summed E-state index contributed by atoms with van der Waals surface area (Å²) < 4.78 is 25.8. The molecule has 0 aliphatic carbocycles. The fraction of sp³-hybridized carbons (Fsp3) is 0.538. The molecule has 1 saturated heterocycles. The highest BCUT2D eigenvalue weighted by atomic mass is 31.2. The first-order valence-electron chi connectivity index (χ1n) is 13.3. The molecule has 0 saturated carbocycles. The zero-order valence-corrected chi connectivity index (χ0v) is 24.9. The largest absolute Gasteiger partial charge is 0.514 e. The second-order valence-corrected chi connectivity index (χ2v) is 12.8. The molecular weight excluding hydrogens is 573 g/mol. The number of carbonyl (C=O) groups is 1. The summed E-state index contributed by atoms with van der Waals surface area (Å²) in [6.45, 7) is 8.85. The molecule has 1 aliphatic rings. The average molecular weight is 609 g/mol. The fourth-order valence-electron chi connectivity index (χ4n) is 4.78. The lowest BCUT2D eigenvalue weighted by atomic mass is 10.2. The zero-order chi connectivity index (χ0) is 31.2. The number of nitrogens with zero attached hydrogens (tertiary/aromatic N) is 4. The first-order valence-corrected chi connectivity index (χ1v) is 15.1. The standard InChI is InChI=1S/C26H34N5O10P/c1-16(2)30(17(3)4)42(37,12-6-11-27)38-15-22-21(13-23(40-22)29-14-18(5)24(32)28-25(29)33)41-26(34)39-20-9-7-19(8-10-20)31(35)36/h7-10,14,16-17,21-23,37H,6,12-13,15H2,1-5H3/p+1/t21-,22+,23+,42?/m0/s1. The van der Waals surface area contributed by atoms with Gasteiger partial charge in [-0.3, -0.25) is 24.5 Å². The molecule has 0 spiro atoms. The monoisotopic (exact) mass is 608 g/mol. The third-order valence-corrected chi connectivity index (χ3v) is 9.53. The third-order valence-electron chi connectivity index (χ3n) is 6.51. The average Bonchev–Trinajstić information content (AvgIpc) is 3.30. The van der Waals surface area contributed by atoms with Crippen LogP contribution in [0.25, 0.3) is 0 Å². The van der Waals surface area contributed by atoms with Gasteiger partial charge in [0.05, 0.1) is 17.4 Å². The Hall–Kier alpha value is -3.67. The number of nitrogens with one attached hydrogen (secondary N) is 1. The highest BCUT2D eigenvalue weighted by molar-refractivity contribution is 7.63. The highest BCUT2D eigenvalue weighted by Gasteiger charge is 2.51. The normalized spacial score (nSPS) is 20.0. The van der Waals surface area contributed by atoms with Crippen molar-refractivity contribution < 1.29 is 33.3 Å². The maximum absolute atomic E-state index is 12.7. The lowest BCUT2D eigenvalue weighted by Gasteiger charge is -2.35. The summed E-state index contributed by atoms with van der Waals surface area (Å²) >= 11 is 0. The van der Waals surface area contributed by atoms with Crippen molar-refractivity contribution in [3.63, 3.8) is 0 Å². The molecule has 228 valence electrons. The van der Waals surface area contributed by atoms with Crippen molar-refractivity contribution in [1.29, 1.82) is 5.26 Å². The van der Waals surface area contributed by atoms with Gasteiger partial charge in [-0.15, -0.1) is 4.67 Å². The van der Waals surface area contributed by atoms with Gasteiger partial charge in [-0.25, -0.2) is 14.5 Å². The number of aromatic amines is 1. The number of hydrogen-bond donors (Lipinski definition) is 2. The molecule has 4 atom stereocenters. The van der Waals surface area contributed by atoms with Crippen LogP contribution >= 0.6 is 7.87 Å². The summed E-state index contributed by atoms with van der Waals surface area (Å²) in [4.78, 5) is 61.3. The van der Waals surface area contributed by atoms with Crippen LogP contribution in [0.3, 0.4) is 0 Å². The van der Waals surface area contributed by atoms with Crippen molar-refractivity contribution in [2.75, 3.05) is 12.8 Å². The molecule has 1 aliphatic heterocycles. The lowest BCUT2D eigenvalue weighted by molar-refractivity contribution is -0.384. The molecule has 2 aromatic rings. The minimum atomic E-state index is -3.32. The van der Waals surface area contributed by atoms with Crippen LogP contribution in [-0.4, -0.2) is 67.3 Å². The Bertz CT molecular complexity index is 1410. The van der Waals surface area contributed by atoms with Gasteiger partial charge in [-0.1, -0.05) is 0 Å². The van der Waals surface area contributed by atoms with Gasteiger partial charge in [0.2, 0.25) is 0 Å². The smallest absolute Gasteiger partial charge is 0.428 e. The van der Waals surface area contributed by atoms with E-state index >= 15 is 0 Å². The first kappa shape index (κ1) is 32.8. The van der Waals surface area contributed by atoms with Gasteiger partial charge in [-0.2, -0.15) is 9.79 Å². The van der Waals surface area contributed by atoms with E-state index in [1.807, 2.05) is 38.4 Å². The van der Waals surface area contributed by atoms with Crippen molar-refractivity contribution >= 4 is 19.7 Å². The molecule has 2 N–H and O–H groups in total. The number of benzene rings is 1. The second-order valence-electron chi connectivity index (χ2n) is 10.3. The Kier molecular flexibility index (Phi) is 10.9. The van der Waals surface area contributed by atoms with Crippen molar-refractivity contribution in [3.05, 3.63) is 67.0 Å². The third kappa shape index (κ3) is 7.99. The van der Waals surface area contributed by atoms with E-state index in [0.29, 0.717) is 0 Å². The number of aromatic nitrogens is 2. The molecule has 0 amide bonds. The Labute approximate surface area is 242 Å². The highest BCUT2D eigenvalue weighted by Crippen LogP contribution is 2.61. The van der Waals surface area contributed by atoms with Gasteiger partial charge < -0.3 is 14.2 Å². The van der Waals surface area contributed by atoms with Crippen LogP contribution in [0, 0.1) is 28.4 Å². The second kappa shape index (κ2) is 14.0. The SMILES string of the molecule is Cc1cn([C@H]2C[C@H](OC(=O)Oc3ccc([N+](=O)[O-])cc3)[C@@H](CO[P+](O)(CCC#N)N(C(C)C)C(C)C)O2)c(=O)[nH]c1=O. The molecule has 2 heterocycles. The van der Waals surface area contributed by atoms with Gasteiger partial charge in [0.15, 0.2) is 0 Å². The van der Waals surface area contributed by atoms with E-state index in [4.69, 9.17) is 18.7 Å². The molecule has 1 unspecified atom stereocenters.